The van der Waals surface area contributed by atoms with Crippen LogP contribution in [0.4, 0.5) is 0 Å². The van der Waals surface area contributed by atoms with E-state index in [1.165, 1.54) is 6.20 Å². The minimum absolute atomic E-state index is 0.0000898. The molecule has 0 saturated heterocycles. The number of nitrogens with zero attached hydrogens (tertiary/aromatic N) is 1. The normalized spacial score (nSPS) is 9.73. The average molecular weight is 212 g/mol. The summed E-state index contributed by atoms with van der Waals surface area (Å²) in [6, 6.07) is 0. The zero-order valence-corrected chi connectivity index (χ0v) is 8.57. The van der Waals surface area contributed by atoms with Gasteiger partial charge in [0.2, 0.25) is 5.82 Å². The van der Waals surface area contributed by atoms with Crippen molar-refractivity contribution in [3.63, 3.8) is 0 Å². The van der Waals surface area contributed by atoms with Crippen LogP contribution in [-0.2, 0) is 9.47 Å². The molecule has 15 heavy (non-hydrogen) atoms. The number of aromatic nitrogens is 2. The van der Waals surface area contributed by atoms with Crippen molar-refractivity contribution in [1.82, 2.24) is 9.97 Å². The molecule has 82 valence electrons. The van der Waals surface area contributed by atoms with Crippen LogP contribution >= 0.6 is 0 Å². The summed E-state index contributed by atoms with van der Waals surface area (Å²) in [5, 5.41) is 0. The van der Waals surface area contributed by atoms with Crippen LogP contribution in [0.1, 0.15) is 35.0 Å². The Balaban J connectivity index is 2.71. The van der Waals surface area contributed by atoms with Crippen molar-refractivity contribution in [2.45, 2.75) is 13.8 Å². The summed E-state index contributed by atoms with van der Waals surface area (Å²) in [5.41, 5.74) is 0.139. The molecule has 0 aromatic carbocycles. The van der Waals surface area contributed by atoms with Crippen molar-refractivity contribution in [2.24, 2.45) is 0 Å². The van der Waals surface area contributed by atoms with Gasteiger partial charge in [-0.1, -0.05) is 0 Å². The number of aromatic amines is 1. The molecule has 0 aliphatic rings. The highest BCUT2D eigenvalue weighted by Gasteiger charge is 2.15. The van der Waals surface area contributed by atoms with Crippen molar-refractivity contribution < 1.29 is 19.1 Å². The van der Waals surface area contributed by atoms with Gasteiger partial charge in [0.1, 0.15) is 5.69 Å². The molecule has 1 rings (SSSR count). The van der Waals surface area contributed by atoms with Gasteiger partial charge in [-0.25, -0.2) is 14.6 Å². The Kier molecular flexibility index (Phi) is 3.84. The molecule has 0 aliphatic heterocycles. The van der Waals surface area contributed by atoms with E-state index in [1.807, 2.05) is 0 Å². The lowest BCUT2D eigenvalue weighted by Crippen LogP contribution is -2.08. The van der Waals surface area contributed by atoms with Gasteiger partial charge in [0.05, 0.1) is 19.4 Å². The third-order valence-corrected chi connectivity index (χ3v) is 1.54. The van der Waals surface area contributed by atoms with E-state index >= 15 is 0 Å². The van der Waals surface area contributed by atoms with E-state index in [9.17, 15) is 9.59 Å². The maximum atomic E-state index is 11.2. The number of H-pyrrole nitrogens is 1. The number of ether oxygens (including phenoxy) is 2. The molecule has 6 heteroatoms. The molecule has 0 atom stereocenters. The first kappa shape index (κ1) is 11.2. The third kappa shape index (κ3) is 2.80. The van der Waals surface area contributed by atoms with Gasteiger partial charge in [-0.2, -0.15) is 0 Å². The Morgan fingerprint density at radius 1 is 1.27 bits per heavy atom. The molecule has 1 N–H and O–H groups in total. The molecule has 0 aliphatic carbocycles. The largest absolute Gasteiger partial charge is 0.461 e. The number of hydrogen-bond acceptors (Lipinski definition) is 5. The molecule has 0 saturated carbocycles. The predicted octanol–water partition coefficient (Wildman–Crippen LogP) is 0.763. The number of carbonyl (C=O) groups excluding carboxylic acids is 2. The van der Waals surface area contributed by atoms with Gasteiger partial charge in [0.25, 0.3) is 0 Å². The van der Waals surface area contributed by atoms with Gasteiger partial charge in [0, 0.05) is 0 Å². The first-order chi connectivity index (χ1) is 7.19. The van der Waals surface area contributed by atoms with Crippen molar-refractivity contribution in [2.75, 3.05) is 13.2 Å². The molecule has 0 fully saturated rings. The van der Waals surface area contributed by atoms with Crippen LogP contribution in [0.2, 0.25) is 0 Å². The first-order valence-corrected chi connectivity index (χ1v) is 4.58. The molecule has 1 aromatic rings. The molecule has 6 nitrogen and oxygen atoms in total. The second-order valence-electron chi connectivity index (χ2n) is 2.59. The molecule has 1 heterocycles. The van der Waals surface area contributed by atoms with Crippen LogP contribution in [0.25, 0.3) is 0 Å². The summed E-state index contributed by atoms with van der Waals surface area (Å²) in [6.07, 6.45) is 1.24. The highest BCUT2D eigenvalue weighted by Crippen LogP contribution is 2.01. The SMILES string of the molecule is CCOC(=O)c1cnc(C(=O)OCC)[nH]1. The first-order valence-electron chi connectivity index (χ1n) is 4.58. The molecule has 0 bridgehead atoms. The molecule has 0 spiro atoms. The summed E-state index contributed by atoms with van der Waals surface area (Å²) < 4.78 is 9.41. The second-order valence-corrected chi connectivity index (χ2v) is 2.59. The van der Waals surface area contributed by atoms with E-state index in [0.717, 1.165) is 0 Å². The number of nitrogens with one attached hydrogen (secondary N) is 1. The lowest BCUT2D eigenvalue weighted by molar-refractivity contribution is 0.0512. The van der Waals surface area contributed by atoms with Crippen molar-refractivity contribution in [3.05, 3.63) is 17.7 Å². The lowest BCUT2D eigenvalue weighted by atomic mass is 10.5. The topological polar surface area (TPSA) is 81.3 Å². The van der Waals surface area contributed by atoms with Crippen LogP contribution < -0.4 is 0 Å². The fraction of sp³-hybridized carbons (Fsp3) is 0.444. The van der Waals surface area contributed by atoms with Crippen molar-refractivity contribution in [3.8, 4) is 0 Å². The van der Waals surface area contributed by atoms with E-state index < -0.39 is 11.9 Å². The lowest BCUT2D eigenvalue weighted by Gasteiger charge is -1.98. The summed E-state index contributed by atoms with van der Waals surface area (Å²) >= 11 is 0. The second kappa shape index (κ2) is 5.14. The zero-order chi connectivity index (χ0) is 11.3. The highest BCUT2D eigenvalue weighted by molar-refractivity contribution is 5.90. The predicted molar refractivity (Wildman–Crippen MR) is 50.5 cm³/mol. The maximum absolute atomic E-state index is 11.2. The number of carbonyl (C=O) groups is 2. The zero-order valence-electron chi connectivity index (χ0n) is 8.57. The van der Waals surface area contributed by atoms with Crippen LogP contribution in [0.3, 0.4) is 0 Å². The smallest absolute Gasteiger partial charge is 0.374 e. The Bertz CT molecular complexity index is 326. The standard InChI is InChI=1S/C9H12N2O4/c1-3-14-8(12)6-5-10-7(11-6)9(13)15-4-2/h5H,3-4H2,1-2H3,(H,10,11). The third-order valence-electron chi connectivity index (χ3n) is 1.54. The Morgan fingerprint density at radius 2 is 1.87 bits per heavy atom. The van der Waals surface area contributed by atoms with E-state index in [0.29, 0.717) is 0 Å². The molecular formula is C9H12N2O4. The summed E-state index contributed by atoms with van der Waals surface area (Å²) in [5.74, 6) is -1.13. The fourth-order valence-electron chi connectivity index (χ4n) is 0.937. The molecule has 0 amide bonds. The quantitative estimate of drug-likeness (QED) is 0.745. The van der Waals surface area contributed by atoms with Gasteiger partial charge in [-0.15, -0.1) is 0 Å². The Labute approximate surface area is 86.6 Å². The van der Waals surface area contributed by atoms with Gasteiger partial charge < -0.3 is 14.5 Å². The van der Waals surface area contributed by atoms with Crippen molar-refractivity contribution in [1.29, 1.82) is 0 Å². The number of hydrogen-bond donors (Lipinski definition) is 1. The molecular weight excluding hydrogens is 200 g/mol. The van der Waals surface area contributed by atoms with Gasteiger partial charge in [-0.05, 0) is 13.8 Å². The van der Waals surface area contributed by atoms with E-state index in [2.05, 4.69) is 9.97 Å². The minimum atomic E-state index is -0.590. The number of esters is 2. The van der Waals surface area contributed by atoms with Gasteiger partial charge in [0.15, 0.2) is 0 Å². The van der Waals surface area contributed by atoms with Crippen LogP contribution in [0.15, 0.2) is 6.20 Å². The van der Waals surface area contributed by atoms with Crippen molar-refractivity contribution >= 4 is 11.9 Å². The van der Waals surface area contributed by atoms with Gasteiger partial charge >= 0.3 is 11.9 Å². The fourth-order valence-corrected chi connectivity index (χ4v) is 0.937. The molecule has 1 aromatic heterocycles. The highest BCUT2D eigenvalue weighted by atomic mass is 16.5. The summed E-state index contributed by atoms with van der Waals surface area (Å²) in [7, 11) is 0. The van der Waals surface area contributed by atoms with Crippen LogP contribution in [-0.4, -0.2) is 35.1 Å². The van der Waals surface area contributed by atoms with E-state index in [4.69, 9.17) is 9.47 Å². The maximum Gasteiger partial charge on any atom is 0.374 e. The summed E-state index contributed by atoms with van der Waals surface area (Å²) in [4.78, 5) is 28.6. The number of imidazole rings is 1. The Hall–Kier alpha value is -1.85. The van der Waals surface area contributed by atoms with E-state index in [-0.39, 0.29) is 24.7 Å². The number of rotatable bonds is 4. The molecule has 0 radical (unpaired) electrons. The average Bonchev–Trinajstić information content (AvgIpc) is 2.67. The van der Waals surface area contributed by atoms with Gasteiger partial charge in [-0.3, -0.25) is 0 Å². The Morgan fingerprint density at radius 3 is 2.47 bits per heavy atom. The molecule has 0 unspecified atom stereocenters. The van der Waals surface area contributed by atoms with Crippen LogP contribution in [0.5, 0.6) is 0 Å². The van der Waals surface area contributed by atoms with Crippen LogP contribution in [0, 0.1) is 0 Å². The monoisotopic (exact) mass is 212 g/mol. The van der Waals surface area contributed by atoms with E-state index in [1.54, 1.807) is 13.8 Å². The minimum Gasteiger partial charge on any atom is -0.461 e. The summed E-state index contributed by atoms with van der Waals surface area (Å²) in [6.45, 7) is 3.91.